The van der Waals surface area contributed by atoms with Crippen LogP contribution in [0.3, 0.4) is 0 Å². The third-order valence-corrected chi connectivity index (χ3v) is 7.33. The van der Waals surface area contributed by atoms with Crippen molar-refractivity contribution in [2.24, 2.45) is 23.7 Å². The van der Waals surface area contributed by atoms with Crippen molar-refractivity contribution in [3.63, 3.8) is 0 Å². The molecule has 0 saturated heterocycles. The van der Waals surface area contributed by atoms with Crippen LogP contribution in [0.1, 0.15) is 56.9 Å². The topological polar surface area (TPSA) is 91.4 Å². The monoisotopic (exact) mass is 396 g/mol. The molecule has 1 amide bonds. The Morgan fingerprint density at radius 1 is 1.14 bits per heavy atom. The molecule has 4 fully saturated rings. The molecule has 6 heteroatoms. The van der Waals surface area contributed by atoms with Crippen LogP contribution in [0.4, 0.5) is 10.6 Å². The predicted molar refractivity (Wildman–Crippen MR) is 110 cm³/mol. The van der Waals surface area contributed by atoms with E-state index in [0.717, 1.165) is 28.3 Å². The van der Waals surface area contributed by atoms with Gasteiger partial charge in [0.15, 0.2) is 0 Å². The molecule has 1 unspecified atom stereocenters. The van der Waals surface area contributed by atoms with Gasteiger partial charge in [0.1, 0.15) is 11.9 Å². The van der Waals surface area contributed by atoms with Crippen molar-refractivity contribution in [2.75, 3.05) is 5.32 Å². The van der Waals surface area contributed by atoms with E-state index in [0.29, 0.717) is 17.7 Å². The van der Waals surface area contributed by atoms with Gasteiger partial charge in [0.05, 0.1) is 6.42 Å². The van der Waals surface area contributed by atoms with Crippen LogP contribution in [0.2, 0.25) is 0 Å². The number of fused-ring (bicyclic) bond motifs is 1. The number of hydrogen-bond donors (Lipinski definition) is 3. The number of aliphatic carboxylic acids is 1. The summed E-state index contributed by atoms with van der Waals surface area (Å²) in [4.78, 5) is 27.3. The largest absolute Gasteiger partial charge is 0.481 e. The number of para-hydroxylation sites is 1. The maximum absolute atomic E-state index is 12.8. The van der Waals surface area contributed by atoms with E-state index in [-0.39, 0.29) is 18.4 Å². The fraction of sp³-hybridized carbons (Fsp3) is 0.565. The zero-order chi connectivity index (χ0) is 20.1. The van der Waals surface area contributed by atoms with Crippen molar-refractivity contribution in [3.05, 3.63) is 29.8 Å². The predicted octanol–water partition coefficient (Wildman–Crippen LogP) is 5.12. The fourth-order valence-electron chi connectivity index (χ4n) is 6.46. The third kappa shape index (κ3) is 3.38. The number of carbonyl (C=O) groups excluding carboxylic acids is 1. The number of rotatable bonds is 5. The molecule has 4 aliphatic rings. The number of carboxylic acid groups (broad SMARTS) is 1. The average molecular weight is 396 g/mol. The molecule has 1 aromatic heterocycles. The van der Waals surface area contributed by atoms with Gasteiger partial charge in [0, 0.05) is 16.5 Å². The number of aromatic amines is 1. The van der Waals surface area contributed by atoms with E-state index in [4.69, 9.17) is 4.74 Å². The summed E-state index contributed by atoms with van der Waals surface area (Å²) in [6, 6.07) is 7.72. The molecule has 0 radical (unpaired) electrons. The lowest BCUT2D eigenvalue weighted by Gasteiger charge is -2.53. The van der Waals surface area contributed by atoms with Gasteiger partial charge in [-0.05, 0) is 67.8 Å². The first-order valence-corrected chi connectivity index (χ1v) is 10.8. The van der Waals surface area contributed by atoms with Gasteiger partial charge in [-0.1, -0.05) is 25.1 Å². The molecular formula is C23H28N2O4. The van der Waals surface area contributed by atoms with E-state index in [1.165, 1.54) is 32.1 Å². The smallest absolute Gasteiger partial charge is 0.413 e. The fourth-order valence-corrected chi connectivity index (χ4v) is 6.46. The van der Waals surface area contributed by atoms with Crippen LogP contribution in [0.5, 0.6) is 0 Å². The maximum Gasteiger partial charge on any atom is 0.413 e. The Kier molecular flexibility index (Phi) is 4.52. The lowest BCUT2D eigenvalue weighted by Crippen LogP contribution is -2.50. The molecule has 6 rings (SSSR count). The highest BCUT2D eigenvalue weighted by Gasteiger charge is 2.50. The summed E-state index contributed by atoms with van der Waals surface area (Å²) in [7, 11) is 0. The highest BCUT2D eigenvalue weighted by atomic mass is 16.6. The Hall–Kier alpha value is -2.50. The summed E-state index contributed by atoms with van der Waals surface area (Å²) < 4.78 is 5.96. The summed E-state index contributed by atoms with van der Waals surface area (Å²) in [5, 5.41) is 13.1. The molecule has 1 heterocycles. The van der Waals surface area contributed by atoms with Crippen LogP contribution in [-0.4, -0.2) is 28.3 Å². The maximum atomic E-state index is 12.8. The number of benzene rings is 1. The third-order valence-electron chi connectivity index (χ3n) is 7.33. The summed E-state index contributed by atoms with van der Waals surface area (Å²) in [6.07, 6.45) is 5.73. The van der Waals surface area contributed by atoms with Crippen molar-refractivity contribution in [1.82, 2.24) is 4.98 Å². The number of nitrogens with one attached hydrogen (secondary N) is 2. The number of aromatic nitrogens is 1. The Labute approximate surface area is 170 Å². The Balaban J connectivity index is 1.36. The van der Waals surface area contributed by atoms with E-state index in [2.05, 4.69) is 10.3 Å². The average Bonchev–Trinajstić information content (AvgIpc) is 3.01. The Morgan fingerprint density at radius 2 is 1.79 bits per heavy atom. The number of H-pyrrole nitrogens is 1. The molecular weight excluding hydrogens is 368 g/mol. The molecule has 4 aliphatic carbocycles. The van der Waals surface area contributed by atoms with Gasteiger partial charge < -0.3 is 14.8 Å². The van der Waals surface area contributed by atoms with Gasteiger partial charge in [-0.15, -0.1) is 0 Å². The van der Waals surface area contributed by atoms with Crippen LogP contribution in [-0.2, 0) is 9.53 Å². The number of amides is 1. The van der Waals surface area contributed by atoms with Crippen molar-refractivity contribution in [2.45, 2.75) is 57.5 Å². The Morgan fingerprint density at radius 3 is 2.45 bits per heavy atom. The minimum absolute atomic E-state index is 0.00112. The lowest BCUT2D eigenvalue weighted by molar-refractivity contribution is -0.137. The summed E-state index contributed by atoms with van der Waals surface area (Å²) in [6.45, 7) is 1.87. The van der Waals surface area contributed by atoms with E-state index < -0.39 is 12.1 Å². The number of anilines is 1. The number of carbonyl (C=O) groups is 2. The SMILES string of the molecule is CC(CC(=O)O)c1c(NC(=O)OC2C3CC4CC(C3)CC2C4)[nH]c2ccccc12. The molecule has 29 heavy (non-hydrogen) atoms. The molecule has 154 valence electrons. The van der Waals surface area contributed by atoms with Crippen LogP contribution >= 0.6 is 0 Å². The first-order chi connectivity index (χ1) is 14.0. The van der Waals surface area contributed by atoms with Gasteiger partial charge in [0.2, 0.25) is 0 Å². The molecule has 0 aliphatic heterocycles. The van der Waals surface area contributed by atoms with E-state index in [1.54, 1.807) is 0 Å². The molecule has 3 N–H and O–H groups in total. The highest BCUT2D eigenvalue weighted by molar-refractivity contribution is 5.95. The zero-order valence-corrected chi connectivity index (χ0v) is 16.7. The van der Waals surface area contributed by atoms with Gasteiger partial charge in [-0.25, -0.2) is 4.79 Å². The quantitative estimate of drug-likeness (QED) is 0.654. The van der Waals surface area contributed by atoms with Crippen molar-refractivity contribution < 1.29 is 19.4 Å². The second kappa shape index (κ2) is 7.08. The second-order valence-electron chi connectivity index (χ2n) is 9.38. The van der Waals surface area contributed by atoms with E-state index in [1.807, 2.05) is 31.2 Å². The summed E-state index contributed by atoms with van der Waals surface area (Å²) in [5.74, 6) is 2.13. The standard InChI is InChI=1S/C23H28N2O4/c1-12(6-19(26)27)20-17-4-2-3-5-18(17)24-22(20)25-23(28)29-21-15-8-13-7-14(10-15)11-16(21)9-13/h2-5,12-16,21,24H,6-11H2,1H3,(H,25,28)(H,26,27). The molecule has 6 nitrogen and oxygen atoms in total. The molecule has 4 saturated carbocycles. The lowest BCUT2D eigenvalue weighted by atomic mass is 9.55. The van der Waals surface area contributed by atoms with Gasteiger partial charge in [0.25, 0.3) is 0 Å². The first-order valence-electron chi connectivity index (χ1n) is 10.8. The molecule has 2 aromatic rings. The first kappa shape index (κ1) is 18.5. The van der Waals surface area contributed by atoms with Gasteiger partial charge >= 0.3 is 12.1 Å². The van der Waals surface area contributed by atoms with Crippen molar-refractivity contribution in [3.8, 4) is 0 Å². The van der Waals surface area contributed by atoms with E-state index in [9.17, 15) is 14.7 Å². The molecule has 1 atom stereocenters. The minimum Gasteiger partial charge on any atom is -0.481 e. The number of ether oxygens (including phenoxy) is 1. The summed E-state index contributed by atoms with van der Waals surface area (Å²) in [5.41, 5.74) is 1.70. The van der Waals surface area contributed by atoms with Crippen LogP contribution in [0.25, 0.3) is 10.9 Å². The number of hydrogen-bond acceptors (Lipinski definition) is 3. The second-order valence-corrected chi connectivity index (χ2v) is 9.38. The van der Waals surface area contributed by atoms with Crippen LogP contribution < -0.4 is 5.32 Å². The van der Waals surface area contributed by atoms with E-state index >= 15 is 0 Å². The summed E-state index contributed by atoms with van der Waals surface area (Å²) >= 11 is 0. The molecule has 0 spiro atoms. The highest BCUT2D eigenvalue weighted by Crippen LogP contribution is 2.54. The Bertz CT molecular complexity index is 922. The van der Waals surface area contributed by atoms with Crippen molar-refractivity contribution >= 4 is 28.8 Å². The normalized spacial score (nSPS) is 31.0. The van der Waals surface area contributed by atoms with Crippen LogP contribution in [0.15, 0.2) is 24.3 Å². The molecule has 4 bridgehead atoms. The number of carboxylic acids is 1. The minimum atomic E-state index is -0.857. The van der Waals surface area contributed by atoms with Crippen LogP contribution in [0, 0.1) is 23.7 Å². The van der Waals surface area contributed by atoms with Gasteiger partial charge in [-0.2, -0.15) is 0 Å². The van der Waals surface area contributed by atoms with Gasteiger partial charge in [-0.3, -0.25) is 10.1 Å². The van der Waals surface area contributed by atoms with Crippen molar-refractivity contribution in [1.29, 1.82) is 0 Å². The zero-order valence-electron chi connectivity index (χ0n) is 16.7. The molecule has 1 aromatic carbocycles.